The van der Waals surface area contributed by atoms with Gasteiger partial charge in [0.05, 0.1) is 38.0 Å². The lowest BCUT2D eigenvalue weighted by Crippen LogP contribution is -2.48. The number of aliphatic hydroxyl groups excluding tert-OH is 1. The van der Waals surface area contributed by atoms with Crippen LogP contribution in [0.2, 0.25) is 23.7 Å². The van der Waals surface area contributed by atoms with Crippen molar-refractivity contribution in [3.8, 4) is 0 Å². The van der Waals surface area contributed by atoms with Crippen LogP contribution < -0.4 is 4.90 Å². The smallest absolute Gasteiger partial charge is 0.305 e. The molecule has 0 radical (unpaired) electrons. The van der Waals surface area contributed by atoms with Crippen LogP contribution in [0, 0.1) is 5.92 Å². The fourth-order valence-electron chi connectivity index (χ4n) is 7.41. The molecule has 0 saturated carbocycles. The summed E-state index contributed by atoms with van der Waals surface area (Å²) in [6, 6.07) is 12.7. The third-order valence-electron chi connectivity index (χ3n) is 9.43. The summed E-state index contributed by atoms with van der Waals surface area (Å²) in [4.78, 5) is 43.2. The van der Waals surface area contributed by atoms with E-state index in [2.05, 4.69) is 0 Å². The summed E-state index contributed by atoms with van der Waals surface area (Å²) >= 11 is 6.44. The highest BCUT2D eigenvalue weighted by atomic mass is 35.5. The zero-order valence-corrected chi connectivity index (χ0v) is 26.9. The molecule has 0 aliphatic carbocycles. The number of benzene rings is 2. The zero-order valence-electron chi connectivity index (χ0n) is 25.1. The molecule has 1 saturated heterocycles. The van der Waals surface area contributed by atoms with Crippen LogP contribution in [0.25, 0.3) is 0 Å². The van der Waals surface area contributed by atoms with Gasteiger partial charge in [-0.2, -0.15) is 0 Å². The van der Waals surface area contributed by atoms with Crippen molar-refractivity contribution in [1.82, 2.24) is 4.90 Å². The number of aliphatic hydroxyl groups is 1. The first-order valence-electron chi connectivity index (χ1n) is 14.9. The van der Waals surface area contributed by atoms with Crippen LogP contribution in [0.15, 0.2) is 42.5 Å². The van der Waals surface area contributed by atoms with E-state index in [1.807, 2.05) is 31.2 Å². The van der Waals surface area contributed by atoms with Gasteiger partial charge in [-0.25, -0.2) is 0 Å². The Bertz CT molecular complexity index is 1400. The minimum absolute atomic E-state index is 0.0991. The summed E-state index contributed by atoms with van der Waals surface area (Å²) in [5, 5.41) is 10.6. The fraction of sp³-hybridized carbons (Fsp3) is 0.531. The number of hydrogen-bond acceptors (Lipinski definition) is 6. The molecule has 1 fully saturated rings. The maximum Gasteiger partial charge on any atom is 0.305 e. The quantitative estimate of drug-likeness (QED) is 0.178. The molecule has 0 aromatic heterocycles. The Hall–Kier alpha value is -2.79. The molecule has 1 spiro atoms. The van der Waals surface area contributed by atoms with Crippen molar-refractivity contribution >= 4 is 43.5 Å². The lowest BCUT2D eigenvalue weighted by Gasteiger charge is -2.37. The van der Waals surface area contributed by atoms with Crippen LogP contribution in [0.3, 0.4) is 0 Å². The molecule has 43 heavy (non-hydrogen) atoms. The van der Waals surface area contributed by atoms with Gasteiger partial charge in [0.1, 0.15) is 0 Å². The highest BCUT2D eigenvalue weighted by molar-refractivity contribution is 6.72. The molecule has 2 aromatic carbocycles. The van der Waals surface area contributed by atoms with Gasteiger partial charge < -0.3 is 28.5 Å². The molecule has 11 heteroatoms. The summed E-state index contributed by atoms with van der Waals surface area (Å²) in [5.41, 5.74) is 1.23. The predicted octanol–water partition coefficient (Wildman–Crippen LogP) is 5.14. The molecular formula is C32H40ClFN2O6Si. The highest BCUT2D eigenvalue weighted by Crippen LogP contribution is 2.60. The second-order valence-electron chi connectivity index (χ2n) is 12.5. The first-order valence-corrected chi connectivity index (χ1v) is 18.3. The van der Waals surface area contributed by atoms with E-state index in [1.165, 1.54) is 7.11 Å². The summed E-state index contributed by atoms with van der Waals surface area (Å²) in [6.07, 6.45) is 0.942. The average molecular weight is 631 g/mol. The Balaban J connectivity index is 1.45. The average Bonchev–Trinajstić information content (AvgIpc) is 3.40. The van der Waals surface area contributed by atoms with Gasteiger partial charge in [-0.1, -0.05) is 42.8 Å². The van der Waals surface area contributed by atoms with Crippen LogP contribution in [0.5, 0.6) is 0 Å². The Morgan fingerprint density at radius 1 is 1.19 bits per heavy atom. The van der Waals surface area contributed by atoms with Crippen LogP contribution in [0.4, 0.5) is 9.80 Å². The number of anilines is 1. The molecule has 8 nitrogen and oxygen atoms in total. The Kier molecular flexibility index (Phi) is 9.05. The van der Waals surface area contributed by atoms with Gasteiger partial charge in [0.25, 0.3) is 5.91 Å². The topological polar surface area (TPSA) is 96.4 Å². The molecule has 0 unspecified atom stereocenters. The normalized spacial score (nSPS) is 26.5. The van der Waals surface area contributed by atoms with E-state index in [0.717, 1.165) is 11.1 Å². The lowest BCUT2D eigenvalue weighted by molar-refractivity contribution is -0.151. The van der Waals surface area contributed by atoms with Gasteiger partial charge in [0.2, 0.25) is 14.3 Å². The van der Waals surface area contributed by atoms with Crippen molar-refractivity contribution in [3.05, 3.63) is 64.2 Å². The summed E-state index contributed by atoms with van der Waals surface area (Å²) in [6.45, 7) is 5.56. The molecule has 3 aliphatic rings. The summed E-state index contributed by atoms with van der Waals surface area (Å²) in [7, 11) is -2.13. The number of rotatable bonds is 9. The van der Waals surface area contributed by atoms with E-state index in [9.17, 15) is 19.5 Å². The Morgan fingerprint density at radius 2 is 1.91 bits per heavy atom. The van der Waals surface area contributed by atoms with Gasteiger partial charge in [-0.05, 0) is 61.7 Å². The minimum atomic E-state index is -3.48. The standard InChI is InChI=1S/C32H40ClFN2O6Si/c1-20-30(43(3,4)34)27(17-28(38)36-18-22-10-6-5-9-21(22)15-24(36)19-37)42-32(20)25-16-23(33)12-13-26(25)35(31(32)40)14-8-7-11-29(39)41-2/h5-6,9-10,12-13,16,20,24,27,30,37H,7-8,11,14-15,17-19H2,1-4H3/t20-,24-,27+,30-,32+/m0/s1. The third-order valence-corrected chi connectivity index (χ3v) is 12.1. The number of ether oxygens (including phenoxy) is 2. The number of carbonyl (C=O) groups excluding carboxylic acids is 3. The van der Waals surface area contributed by atoms with Gasteiger partial charge in [0.15, 0.2) is 5.60 Å². The molecule has 5 atom stereocenters. The Morgan fingerprint density at radius 3 is 2.58 bits per heavy atom. The van der Waals surface area contributed by atoms with Crippen LogP contribution in [-0.4, -0.2) is 68.6 Å². The first kappa shape index (κ1) is 31.6. The van der Waals surface area contributed by atoms with Crippen molar-refractivity contribution < 1.29 is 33.1 Å². The van der Waals surface area contributed by atoms with E-state index < -0.39 is 37.6 Å². The van der Waals surface area contributed by atoms with Crippen molar-refractivity contribution in [2.75, 3.05) is 25.2 Å². The second-order valence-corrected chi connectivity index (χ2v) is 16.7. The number of fused-ring (bicyclic) bond motifs is 3. The largest absolute Gasteiger partial charge is 0.469 e. The van der Waals surface area contributed by atoms with Gasteiger partial charge in [0, 0.05) is 41.6 Å². The maximum absolute atomic E-state index is 16.2. The predicted molar refractivity (Wildman–Crippen MR) is 164 cm³/mol. The summed E-state index contributed by atoms with van der Waals surface area (Å²) in [5.74, 6) is -1.40. The number of esters is 1. The van der Waals surface area contributed by atoms with E-state index in [1.54, 1.807) is 41.1 Å². The van der Waals surface area contributed by atoms with Gasteiger partial charge in [-0.15, -0.1) is 0 Å². The van der Waals surface area contributed by atoms with Gasteiger partial charge in [-0.3, -0.25) is 14.4 Å². The van der Waals surface area contributed by atoms with E-state index in [0.29, 0.717) is 48.6 Å². The van der Waals surface area contributed by atoms with Crippen molar-refractivity contribution in [2.24, 2.45) is 5.92 Å². The number of carbonyl (C=O) groups is 3. The molecule has 2 aromatic rings. The van der Waals surface area contributed by atoms with Crippen LogP contribution in [0.1, 0.15) is 49.3 Å². The fourth-order valence-corrected chi connectivity index (χ4v) is 10.1. The summed E-state index contributed by atoms with van der Waals surface area (Å²) < 4.78 is 27.6. The number of unbranched alkanes of at least 4 members (excludes halogenated alkanes) is 1. The third kappa shape index (κ3) is 5.74. The number of methoxy groups -OCH3 is 1. The zero-order chi connectivity index (χ0) is 31.1. The molecule has 3 heterocycles. The van der Waals surface area contributed by atoms with E-state index in [4.69, 9.17) is 21.1 Å². The molecule has 5 rings (SSSR count). The van der Waals surface area contributed by atoms with Crippen molar-refractivity contribution in [1.29, 1.82) is 0 Å². The van der Waals surface area contributed by atoms with Crippen molar-refractivity contribution in [2.45, 2.75) is 82.0 Å². The van der Waals surface area contributed by atoms with Crippen LogP contribution in [-0.2, 0) is 42.4 Å². The molecule has 1 N–H and O–H groups in total. The number of amides is 2. The molecular weight excluding hydrogens is 591 g/mol. The van der Waals surface area contributed by atoms with Crippen LogP contribution >= 0.6 is 11.6 Å². The van der Waals surface area contributed by atoms with Gasteiger partial charge >= 0.3 is 5.97 Å². The molecule has 3 aliphatic heterocycles. The Labute approximate surface area is 258 Å². The number of nitrogens with zero attached hydrogens (tertiary/aromatic N) is 2. The molecule has 2 amide bonds. The maximum atomic E-state index is 16.2. The lowest BCUT2D eigenvalue weighted by atomic mass is 9.82. The highest BCUT2D eigenvalue weighted by Gasteiger charge is 2.67. The first-order chi connectivity index (χ1) is 20.4. The SMILES string of the molecule is COC(=O)CCCCN1C(=O)[C@]2(O[C@H](CC(=O)N3Cc4ccccc4C[C@H]3CO)[C@@H]([Si](C)(C)F)[C@@H]2C)c2cc(Cl)ccc21. The van der Waals surface area contributed by atoms with Crippen molar-refractivity contribution in [3.63, 3.8) is 0 Å². The minimum Gasteiger partial charge on any atom is -0.469 e. The van der Waals surface area contributed by atoms with E-state index in [-0.39, 0.29) is 37.2 Å². The van der Waals surface area contributed by atoms with E-state index >= 15 is 4.11 Å². The number of hydrogen-bond donors (Lipinski definition) is 1. The second kappa shape index (κ2) is 12.3. The molecule has 0 bridgehead atoms. The monoisotopic (exact) mass is 630 g/mol. The molecule has 232 valence electrons. The number of halogens is 2.